The molecular weight excluding hydrogens is 1160 g/mol. The van der Waals surface area contributed by atoms with Gasteiger partial charge in [0.15, 0.2) is 11.5 Å². The van der Waals surface area contributed by atoms with Crippen LogP contribution in [0.4, 0.5) is 51.2 Å². The highest BCUT2D eigenvalue weighted by Gasteiger charge is 2.57. The summed E-state index contributed by atoms with van der Waals surface area (Å²) in [6.45, 7) is 19.0. The molecule has 6 aliphatic rings. The van der Waals surface area contributed by atoms with E-state index in [4.69, 9.17) is 4.74 Å². The fourth-order valence-corrected chi connectivity index (χ4v) is 18.6. The first kappa shape index (κ1) is 55.3. The van der Waals surface area contributed by atoms with E-state index in [1.54, 1.807) is 0 Å². The van der Waals surface area contributed by atoms with E-state index < -0.39 is 10.8 Å². The summed E-state index contributed by atoms with van der Waals surface area (Å²) in [6.07, 6.45) is 0. The van der Waals surface area contributed by atoms with E-state index in [0.29, 0.717) is 0 Å². The van der Waals surface area contributed by atoms with Crippen molar-refractivity contribution in [3.05, 3.63) is 340 Å². The van der Waals surface area contributed by atoms with E-state index in [9.17, 15) is 0 Å². The van der Waals surface area contributed by atoms with Gasteiger partial charge in [0.2, 0.25) is 0 Å². The van der Waals surface area contributed by atoms with Crippen LogP contribution in [0, 0.1) is 13.8 Å². The van der Waals surface area contributed by atoms with Crippen molar-refractivity contribution in [2.24, 2.45) is 0 Å². The summed E-state index contributed by atoms with van der Waals surface area (Å²) in [5, 5.41) is 5.13. The first-order valence-corrected chi connectivity index (χ1v) is 34.1. The maximum Gasteiger partial charge on any atom is 0.151 e. The van der Waals surface area contributed by atoms with Crippen molar-refractivity contribution >= 4 is 72.7 Å². The van der Waals surface area contributed by atoms with Crippen molar-refractivity contribution < 1.29 is 4.74 Å². The zero-order valence-electron chi connectivity index (χ0n) is 55.2. The van der Waals surface area contributed by atoms with Crippen molar-refractivity contribution in [2.45, 2.75) is 77.0 Å². The summed E-state index contributed by atoms with van der Waals surface area (Å²) in [4.78, 5) is 7.64. The van der Waals surface area contributed by atoms with E-state index in [-0.39, 0.29) is 10.8 Å². The molecule has 4 nitrogen and oxygen atoms in total. The number of fused-ring (bicyclic) bond motifs is 25. The molecule has 0 bridgehead atoms. The van der Waals surface area contributed by atoms with Gasteiger partial charge < -0.3 is 19.4 Å². The standard InChI is InChI=1S/C92H69N3O/c1-54-32-38-58(39-33-54)93(60-42-45-66-74(50-60)89(3,4)71-48-36-56-20-9-11-22-63(56)83(66)71)61-43-47-68-76(52-61)92(70-26-15-16-28-78(70)95-79-29-17-18-30-81(79)96-82-31-19-27-73(92)88(82)95)77-53-80(86-65-24-13-14-25-69(65)91(7,8)87(86)85(68)77)94(59-40-34-55(2)35-41-59)62-44-46-67-75(51-62)90(5,6)72-49-37-57-21-10-12-23-64(57)84(67)72/h9-53H,1-8H3. The molecule has 0 aromatic heterocycles. The average Bonchev–Trinajstić information content (AvgIpc) is 1.44. The molecule has 20 rings (SSSR count). The van der Waals surface area contributed by atoms with E-state index in [1.165, 1.54) is 133 Å². The number of aryl methyl sites for hydroxylation is 2. The van der Waals surface area contributed by atoms with Gasteiger partial charge in [0.25, 0.3) is 0 Å². The summed E-state index contributed by atoms with van der Waals surface area (Å²) < 4.78 is 7.18. The first-order valence-electron chi connectivity index (χ1n) is 34.1. The minimum atomic E-state index is -0.896. The summed E-state index contributed by atoms with van der Waals surface area (Å²) in [5.74, 6) is 1.68. The molecule has 0 fully saturated rings. The highest BCUT2D eigenvalue weighted by Crippen LogP contribution is 2.71. The Labute approximate surface area is 561 Å². The molecule has 0 radical (unpaired) electrons. The smallest absolute Gasteiger partial charge is 0.151 e. The van der Waals surface area contributed by atoms with Gasteiger partial charge in [0.1, 0.15) is 0 Å². The number of hydrogen-bond acceptors (Lipinski definition) is 4. The molecule has 0 saturated carbocycles. The highest BCUT2D eigenvalue weighted by molar-refractivity contribution is 6.09. The quantitative estimate of drug-likeness (QED) is 0.165. The van der Waals surface area contributed by atoms with Crippen LogP contribution in [-0.4, -0.2) is 0 Å². The fourth-order valence-electron chi connectivity index (χ4n) is 18.6. The predicted molar refractivity (Wildman–Crippen MR) is 399 cm³/mol. The molecule has 96 heavy (non-hydrogen) atoms. The minimum Gasteiger partial charge on any atom is -0.453 e. The fraction of sp³-hybridized carbons (Fsp3) is 0.130. The van der Waals surface area contributed by atoms with Gasteiger partial charge in [-0.1, -0.05) is 235 Å². The highest BCUT2D eigenvalue weighted by atomic mass is 16.5. The zero-order valence-corrected chi connectivity index (χ0v) is 55.2. The Kier molecular flexibility index (Phi) is 11.1. The summed E-state index contributed by atoms with van der Waals surface area (Å²) in [7, 11) is 0. The number of ether oxygens (including phenoxy) is 1. The van der Waals surface area contributed by atoms with E-state index in [2.05, 4.69) is 343 Å². The number of nitrogens with zero attached hydrogens (tertiary/aromatic N) is 3. The second-order valence-corrected chi connectivity index (χ2v) is 29.3. The molecule has 14 aromatic rings. The molecule has 14 aromatic carbocycles. The van der Waals surface area contributed by atoms with Crippen LogP contribution in [0.5, 0.6) is 11.5 Å². The second kappa shape index (κ2) is 19.2. The Morgan fingerprint density at radius 3 is 1.40 bits per heavy atom. The Bertz CT molecular complexity index is 5770. The summed E-state index contributed by atoms with van der Waals surface area (Å²) in [6, 6.07) is 104. The van der Waals surface area contributed by atoms with Gasteiger partial charge >= 0.3 is 0 Å². The molecule has 4 heteroatoms. The van der Waals surface area contributed by atoms with Crippen LogP contribution in [-0.2, 0) is 21.7 Å². The third-order valence-corrected chi connectivity index (χ3v) is 23.1. The summed E-state index contributed by atoms with van der Waals surface area (Å²) >= 11 is 0. The van der Waals surface area contributed by atoms with E-state index in [1.807, 2.05) is 0 Å². The molecule has 1 spiro atoms. The van der Waals surface area contributed by atoms with Crippen molar-refractivity contribution in [1.82, 2.24) is 0 Å². The Morgan fingerprint density at radius 1 is 0.302 bits per heavy atom. The topological polar surface area (TPSA) is 19.0 Å². The number of rotatable bonds is 6. The molecular formula is C92H69N3O. The SMILES string of the molecule is Cc1ccc(N(c2ccc3c(c2)C(C)(C)c2ccc4ccccc4c2-3)c2ccc3c(c2)C2(c4ccccc4N4c5ccccc5Oc5cccc2c54)c2cc(N(c4ccc(C)cc4)c4ccc5c(c4)C(C)(C)c4ccc6ccccc6c4-5)c4c(c2-3)C(C)(C)c2ccccc2-4)cc1. The van der Waals surface area contributed by atoms with Crippen molar-refractivity contribution in [3.8, 4) is 56.0 Å². The Hall–Kier alpha value is -11.2. The van der Waals surface area contributed by atoms with Gasteiger partial charge in [0, 0.05) is 50.2 Å². The number of hydrogen-bond donors (Lipinski definition) is 0. The lowest BCUT2D eigenvalue weighted by Crippen LogP contribution is -2.37. The van der Waals surface area contributed by atoms with Gasteiger partial charge in [-0.2, -0.15) is 0 Å². The molecule has 2 heterocycles. The maximum absolute atomic E-state index is 7.18. The maximum atomic E-state index is 7.18. The number of anilines is 9. The monoisotopic (exact) mass is 1230 g/mol. The van der Waals surface area contributed by atoms with Crippen LogP contribution in [0.25, 0.3) is 66.1 Å². The summed E-state index contributed by atoms with van der Waals surface area (Å²) in [5.41, 5.74) is 33.8. The normalized spacial score (nSPS) is 16.5. The van der Waals surface area contributed by atoms with Crippen LogP contribution in [0.3, 0.4) is 0 Å². The van der Waals surface area contributed by atoms with Gasteiger partial charge in [-0.05, 0) is 221 Å². The van der Waals surface area contributed by atoms with Gasteiger partial charge in [-0.3, -0.25) is 0 Å². The molecule has 0 N–H and O–H groups in total. The zero-order chi connectivity index (χ0) is 64.5. The van der Waals surface area contributed by atoms with Gasteiger partial charge in [0.05, 0.1) is 28.2 Å². The van der Waals surface area contributed by atoms with Crippen molar-refractivity contribution in [2.75, 3.05) is 14.7 Å². The average molecular weight is 1230 g/mol. The van der Waals surface area contributed by atoms with Crippen LogP contribution in [0.2, 0.25) is 0 Å². The predicted octanol–water partition coefficient (Wildman–Crippen LogP) is 24.7. The lowest BCUT2D eigenvalue weighted by molar-refractivity contribution is 0.473. The molecule has 0 saturated heterocycles. The van der Waals surface area contributed by atoms with Crippen LogP contribution in [0.15, 0.2) is 273 Å². The van der Waals surface area contributed by atoms with Crippen molar-refractivity contribution in [3.63, 3.8) is 0 Å². The molecule has 458 valence electrons. The van der Waals surface area contributed by atoms with Gasteiger partial charge in [-0.25, -0.2) is 0 Å². The largest absolute Gasteiger partial charge is 0.453 e. The van der Waals surface area contributed by atoms with Crippen molar-refractivity contribution in [1.29, 1.82) is 0 Å². The third-order valence-electron chi connectivity index (χ3n) is 23.1. The van der Waals surface area contributed by atoms with Crippen LogP contribution in [0.1, 0.15) is 108 Å². The molecule has 0 amide bonds. The molecule has 1 unspecified atom stereocenters. The number of benzene rings is 14. The molecule has 2 aliphatic heterocycles. The molecule has 1 atom stereocenters. The Morgan fingerprint density at radius 2 is 0.771 bits per heavy atom. The van der Waals surface area contributed by atoms with Crippen LogP contribution < -0.4 is 19.4 Å². The minimum absolute atomic E-state index is 0.247. The van der Waals surface area contributed by atoms with Crippen LogP contribution >= 0.6 is 0 Å². The third kappa shape index (κ3) is 7.13. The lowest BCUT2D eigenvalue weighted by Gasteiger charge is -2.47. The van der Waals surface area contributed by atoms with E-state index >= 15 is 0 Å². The first-order chi connectivity index (χ1) is 46.7. The van der Waals surface area contributed by atoms with E-state index in [0.717, 1.165) is 62.7 Å². The molecule has 4 aliphatic carbocycles. The van der Waals surface area contributed by atoms with Gasteiger partial charge in [-0.15, -0.1) is 0 Å². The second-order valence-electron chi connectivity index (χ2n) is 29.3. The number of para-hydroxylation sites is 4. The lowest BCUT2D eigenvalue weighted by atomic mass is 9.64. The Balaban J connectivity index is 0.894.